The van der Waals surface area contributed by atoms with Crippen LogP contribution in [0.1, 0.15) is 61.8 Å². The highest BCUT2D eigenvalue weighted by Gasteiger charge is 2.28. The van der Waals surface area contributed by atoms with E-state index in [2.05, 4.69) is 122 Å². The molecular weight excluding hydrogens is 574 g/mol. The van der Waals surface area contributed by atoms with E-state index in [-0.39, 0.29) is 6.17 Å². The van der Waals surface area contributed by atoms with Gasteiger partial charge in [0.1, 0.15) is 6.17 Å². The molecule has 0 bridgehead atoms. The predicted molar refractivity (Wildman–Crippen MR) is 195 cm³/mol. The number of nitrogens with one attached hydrogen (secondary N) is 1. The molecule has 47 heavy (non-hydrogen) atoms. The number of rotatable bonds is 5. The fraction of sp³-hybridized carbons (Fsp3) is 0.238. The number of aryl methyl sites for hydroxylation is 1. The first-order chi connectivity index (χ1) is 23.1. The van der Waals surface area contributed by atoms with Crippen LogP contribution in [0.4, 0.5) is 0 Å². The minimum atomic E-state index is -0.115. The summed E-state index contributed by atoms with van der Waals surface area (Å²) in [5.74, 6) is 0.811. The molecule has 8 rings (SSSR count). The summed E-state index contributed by atoms with van der Waals surface area (Å²) >= 11 is 0. The Hall–Kier alpha value is -5.16. The molecule has 5 heteroatoms. The molecule has 1 aliphatic carbocycles. The fourth-order valence-electron chi connectivity index (χ4n) is 7.30. The van der Waals surface area contributed by atoms with Crippen molar-refractivity contribution >= 4 is 33.2 Å². The number of aromatic nitrogens is 2. The first-order valence-electron chi connectivity index (χ1n) is 16.9. The third kappa shape index (κ3) is 5.94. The van der Waals surface area contributed by atoms with E-state index in [1.165, 1.54) is 16.5 Å². The molecule has 2 aromatic heterocycles. The molecular formula is C42H39N5. The van der Waals surface area contributed by atoms with E-state index >= 15 is 0 Å². The standard InChI is InChI=1S/C42H39N5/c1-27-23-32(37-25-28(2)34-20-18-31-19-21-35(29-11-5-3-6-12-29)44-40(31)41(34)45-37)16-17-33(24-27)42-46-38(30-13-7-4-8-14-30)26-39(47-42)36-15-9-10-22-43-36/h3-8,10-14,17-22,25-27,32,42,47H,9,15-16,23-24H2,1-2H3. The van der Waals surface area contributed by atoms with Gasteiger partial charge in [0.25, 0.3) is 0 Å². The van der Waals surface area contributed by atoms with Crippen LogP contribution >= 0.6 is 0 Å². The van der Waals surface area contributed by atoms with Crippen LogP contribution in [0, 0.1) is 12.8 Å². The van der Waals surface area contributed by atoms with Gasteiger partial charge in [0.15, 0.2) is 0 Å². The van der Waals surface area contributed by atoms with Crippen molar-refractivity contribution in [3.8, 4) is 11.3 Å². The second kappa shape index (κ2) is 12.6. The summed E-state index contributed by atoms with van der Waals surface area (Å²) in [6, 6.07) is 31.9. The van der Waals surface area contributed by atoms with E-state index < -0.39 is 0 Å². The van der Waals surface area contributed by atoms with Crippen molar-refractivity contribution in [3.63, 3.8) is 0 Å². The van der Waals surface area contributed by atoms with Crippen molar-refractivity contribution in [2.75, 3.05) is 0 Å². The van der Waals surface area contributed by atoms with E-state index in [4.69, 9.17) is 20.0 Å². The van der Waals surface area contributed by atoms with Crippen LogP contribution in [0.15, 0.2) is 137 Å². The number of pyridine rings is 2. The highest BCUT2D eigenvalue weighted by molar-refractivity contribution is 6.15. The van der Waals surface area contributed by atoms with Gasteiger partial charge in [-0.3, -0.25) is 15.0 Å². The monoisotopic (exact) mass is 613 g/mol. The van der Waals surface area contributed by atoms with Crippen molar-refractivity contribution in [3.05, 3.63) is 144 Å². The molecule has 3 unspecified atom stereocenters. The average molecular weight is 614 g/mol. The molecule has 5 nitrogen and oxygen atoms in total. The third-order valence-corrected chi connectivity index (χ3v) is 9.75. The lowest BCUT2D eigenvalue weighted by molar-refractivity contribution is 0.463. The summed E-state index contributed by atoms with van der Waals surface area (Å²) in [6.45, 7) is 4.59. The zero-order valence-corrected chi connectivity index (χ0v) is 27.0. The molecule has 0 amide bonds. The maximum Gasteiger partial charge on any atom is 0.141 e. The van der Waals surface area contributed by atoms with Gasteiger partial charge in [0, 0.05) is 34.1 Å². The SMILES string of the molecule is Cc1cc(C2CC=C(C3N=C(c4ccccc4)C=C(C4=NC=CCC4)N3)CC(C)C2)nc2c1ccc1ccc(-c3ccccc3)nc12. The van der Waals surface area contributed by atoms with Crippen LogP contribution in [0.2, 0.25) is 0 Å². The molecule has 0 saturated carbocycles. The summed E-state index contributed by atoms with van der Waals surface area (Å²) in [6.07, 6.45) is 13.5. The molecule has 4 heterocycles. The van der Waals surface area contributed by atoms with Crippen molar-refractivity contribution in [1.82, 2.24) is 15.3 Å². The number of aliphatic imine (C=N–C) groups is 2. The molecule has 0 radical (unpaired) electrons. The van der Waals surface area contributed by atoms with Crippen LogP contribution in [0.5, 0.6) is 0 Å². The summed E-state index contributed by atoms with van der Waals surface area (Å²) in [4.78, 5) is 20.6. The Balaban J connectivity index is 1.15. The zero-order valence-electron chi connectivity index (χ0n) is 27.0. The number of benzene rings is 3. The van der Waals surface area contributed by atoms with E-state index in [1.807, 2.05) is 12.3 Å². The molecule has 5 aromatic rings. The third-order valence-electron chi connectivity index (χ3n) is 9.75. The van der Waals surface area contributed by atoms with E-state index in [0.29, 0.717) is 11.8 Å². The number of allylic oxidation sites excluding steroid dienone is 4. The van der Waals surface area contributed by atoms with Crippen molar-refractivity contribution < 1.29 is 0 Å². The minimum absolute atomic E-state index is 0.115. The van der Waals surface area contributed by atoms with Gasteiger partial charge in [-0.1, -0.05) is 97.9 Å². The minimum Gasteiger partial charge on any atom is -0.359 e. The molecule has 2 aliphatic heterocycles. The van der Waals surface area contributed by atoms with Gasteiger partial charge < -0.3 is 5.32 Å². The van der Waals surface area contributed by atoms with Crippen LogP contribution in [-0.2, 0) is 0 Å². The van der Waals surface area contributed by atoms with Gasteiger partial charge in [-0.15, -0.1) is 0 Å². The second-order valence-electron chi connectivity index (χ2n) is 13.2. The maximum atomic E-state index is 5.40. The van der Waals surface area contributed by atoms with Gasteiger partial charge in [-0.05, 0) is 79.9 Å². The summed E-state index contributed by atoms with van der Waals surface area (Å²) in [5.41, 5.74) is 12.2. The Bertz CT molecular complexity index is 2120. The van der Waals surface area contributed by atoms with Crippen molar-refractivity contribution in [2.45, 2.75) is 58.0 Å². The number of fused-ring (bicyclic) bond motifs is 3. The maximum absolute atomic E-state index is 5.40. The Kier molecular flexibility index (Phi) is 7.82. The van der Waals surface area contributed by atoms with Crippen LogP contribution in [-0.4, -0.2) is 27.6 Å². The molecule has 0 saturated heterocycles. The van der Waals surface area contributed by atoms with Gasteiger partial charge in [-0.25, -0.2) is 4.98 Å². The van der Waals surface area contributed by atoms with Gasteiger partial charge in [0.05, 0.1) is 33.8 Å². The van der Waals surface area contributed by atoms with E-state index in [0.717, 1.165) is 88.2 Å². The van der Waals surface area contributed by atoms with Crippen LogP contribution in [0.3, 0.4) is 0 Å². The average Bonchev–Trinajstić information content (AvgIpc) is 3.33. The Morgan fingerprint density at radius 2 is 1.62 bits per heavy atom. The topological polar surface area (TPSA) is 62.5 Å². The molecule has 0 fully saturated rings. The lowest BCUT2D eigenvalue weighted by Gasteiger charge is -2.28. The molecule has 1 N–H and O–H groups in total. The summed E-state index contributed by atoms with van der Waals surface area (Å²) < 4.78 is 0. The summed E-state index contributed by atoms with van der Waals surface area (Å²) in [5, 5.41) is 6.08. The molecule has 3 aromatic carbocycles. The number of hydrogen-bond acceptors (Lipinski definition) is 5. The normalized spacial score (nSPS) is 21.4. The van der Waals surface area contributed by atoms with Gasteiger partial charge in [0.2, 0.25) is 0 Å². The number of nitrogens with zero attached hydrogens (tertiary/aromatic N) is 4. The highest BCUT2D eigenvalue weighted by Crippen LogP contribution is 2.37. The lowest BCUT2D eigenvalue weighted by Crippen LogP contribution is -2.37. The van der Waals surface area contributed by atoms with Gasteiger partial charge >= 0.3 is 0 Å². The number of hydrogen-bond donors (Lipinski definition) is 1. The quantitative estimate of drug-likeness (QED) is 0.159. The Labute approximate surface area is 276 Å². The zero-order chi connectivity index (χ0) is 31.7. The van der Waals surface area contributed by atoms with Crippen molar-refractivity contribution in [2.24, 2.45) is 15.9 Å². The van der Waals surface area contributed by atoms with Crippen LogP contribution in [0.25, 0.3) is 33.1 Å². The van der Waals surface area contributed by atoms with E-state index in [1.54, 1.807) is 0 Å². The largest absolute Gasteiger partial charge is 0.359 e. The molecule has 0 spiro atoms. The first-order valence-corrected chi connectivity index (χ1v) is 16.9. The predicted octanol–water partition coefficient (Wildman–Crippen LogP) is 9.64. The Morgan fingerprint density at radius 3 is 2.40 bits per heavy atom. The molecule has 3 atom stereocenters. The smallest absolute Gasteiger partial charge is 0.141 e. The second-order valence-corrected chi connectivity index (χ2v) is 13.2. The highest BCUT2D eigenvalue weighted by atomic mass is 15.1. The summed E-state index contributed by atoms with van der Waals surface area (Å²) in [7, 11) is 0. The Morgan fingerprint density at radius 1 is 0.830 bits per heavy atom. The van der Waals surface area contributed by atoms with E-state index in [9.17, 15) is 0 Å². The van der Waals surface area contributed by atoms with Gasteiger partial charge in [-0.2, -0.15) is 0 Å². The lowest BCUT2D eigenvalue weighted by atomic mass is 9.89. The fourth-order valence-corrected chi connectivity index (χ4v) is 7.30. The molecule has 3 aliphatic rings. The van der Waals surface area contributed by atoms with Crippen molar-refractivity contribution in [1.29, 1.82) is 0 Å². The first kappa shape index (κ1) is 29.3. The van der Waals surface area contributed by atoms with Crippen LogP contribution < -0.4 is 5.32 Å². The molecule has 232 valence electrons.